The molecular formula is C20H16ClN3O4S2. The molecule has 0 aliphatic heterocycles. The summed E-state index contributed by atoms with van der Waals surface area (Å²) in [6.07, 6.45) is 2.96. The van der Waals surface area contributed by atoms with Crippen LogP contribution in [0.5, 0.6) is 0 Å². The molecule has 0 spiro atoms. The highest BCUT2D eigenvalue weighted by Gasteiger charge is 2.22. The summed E-state index contributed by atoms with van der Waals surface area (Å²) in [6, 6.07) is 11.3. The average Bonchev–Trinajstić information content (AvgIpc) is 3.20. The van der Waals surface area contributed by atoms with Crippen molar-refractivity contribution in [2.24, 2.45) is 0 Å². The van der Waals surface area contributed by atoms with Crippen LogP contribution in [0.3, 0.4) is 0 Å². The van der Waals surface area contributed by atoms with Crippen molar-refractivity contribution in [1.29, 1.82) is 0 Å². The van der Waals surface area contributed by atoms with Crippen LogP contribution in [-0.4, -0.2) is 18.0 Å². The molecular weight excluding hydrogens is 446 g/mol. The summed E-state index contributed by atoms with van der Waals surface area (Å²) in [4.78, 5) is 17.6. The highest BCUT2D eigenvalue weighted by Crippen LogP contribution is 2.28. The Morgan fingerprint density at radius 3 is 2.73 bits per heavy atom. The lowest BCUT2D eigenvalue weighted by atomic mass is 10.2. The van der Waals surface area contributed by atoms with Gasteiger partial charge in [0.1, 0.15) is 4.90 Å². The van der Waals surface area contributed by atoms with Crippen molar-refractivity contribution in [1.82, 2.24) is 9.55 Å². The monoisotopic (exact) mass is 461 g/mol. The first kappa shape index (κ1) is 20.5. The quantitative estimate of drug-likeness (QED) is 0.436. The van der Waals surface area contributed by atoms with E-state index >= 15 is 0 Å². The number of sulfonamides is 1. The second kappa shape index (κ2) is 7.82. The van der Waals surface area contributed by atoms with Crippen molar-refractivity contribution in [3.8, 4) is 0 Å². The lowest BCUT2D eigenvalue weighted by Gasteiger charge is -2.16. The summed E-state index contributed by atoms with van der Waals surface area (Å²) in [5.41, 5.74) is 1.27. The molecule has 2 aromatic heterocycles. The van der Waals surface area contributed by atoms with Gasteiger partial charge in [-0.1, -0.05) is 23.7 Å². The van der Waals surface area contributed by atoms with Gasteiger partial charge in [-0.15, -0.1) is 12.6 Å². The van der Waals surface area contributed by atoms with Crippen molar-refractivity contribution >= 4 is 51.1 Å². The van der Waals surface area contributed by atoms with E-state index in [-0.39, 0.29) is 27.8 Å². The molecule has 4 rings (SSSR count). The van der Waals surface area contributed by atoms with Gasteiger partial charge in [-0.05, 0) is 42.8 Å². The van der Waals surface area contributed by atoms with E-state index in [1.807, 2.05) is 0 Å². The van der Waals surface area contributed by atoms with Gasteiger partial charge in [0.2, 0.25) is 5.95 Å². The summed E-state index contributed by atoms with van der Waals surface area (Å²) in [5, 5.41) is 0.779. The highest BCUT2D eigenvalue weighted by atomic mass is 35.5. The number of benzene rings is 2. The zero-order chi connectivity index (χ0) is 21.5. The van der Waals surface area contributed by atoms with Gasteiger partial charge >= 0.3 is 0 Å². The van der Waals surface area contributed by atoms with Crippen molar-refractivity contribution in [2.45, 2.75) is 23.3 Å². The molecule has 30 heavy (non-hydrogen) atoms. The Kier molecular flexibility index (Phi) is 5.35. The second-order valence-electron chi connectivity index (χ2n) is 6.65. The molecule has 2 heterocycles. The van der Waals surface area contributed by atoms with Crippen LogP contribution in [0.25, 0.3) is 10.9 Å². The van der Waals surface area contributed by atoms with Crippen LogP contribution in [0.2, 0.25) is 5.02 Å². The lowest BCUT2D eigenvalue weighted by Crippen LogP contribution is -2.28. The third-order valence-electron chi connectivity index (χ3n) is 4.54. The zero-order valence-electron chi connectivity index (χ0n) is 15.7. The number of nitrogens with zero attached hydrogens (tertiary/aromatic N) is 2. The van der Waals surface area contributed by atoms with E-state index in [4.69, 9.17) is 16.0 Å². The first-order valence-corrected chi connectivity index (χ1v) is 11.1. The van der Waals surface area contributed by atoms with Gasteiger partial charge in [0.05, 0.1) is 30.0 Å². The molecule has 10 heteroatoms. The van der Waals surface area contributed by atoms with Crippen molar-refractivity contribution in [3.63, 3.8) is 0 Å². The van der Waals surface area contributed by atoms with Crippen molar-refractivity contribution in [2.75, 3.05) is 4.72 Å². The summed E-state index contributed by atoms with van der Waals surface area (Å²) in [7, 11) is -4.10. The van der Waals surface area contributed by atoms with Crippen LogP contribution in [0.15, 0.2) is 74.0 Å². The number of rotatable bonds is 5. The fourth-order valence-electron chi connectivity index (χ4n) is 2.99. The van der Waals surface area contributed by atoms with Gasteiger partial charge in [-0.2, -0.15) is 0 Å². The fourth-order valence-corrected chi connectivity index (χ4v) is 4.96. The van der Waals surface area contributed by atoms with E-state index in [9.17, 15) is 13.2 Å². The van der Waals surface area contributed by atoms with Crippen molar-refractivity contribution in [3.05, 3.63) is 81.5 Å². The molecule has 0 amide bonds. The maximum Gasteiger partial charge on any atom is 0.265 e. The van der Waals surface area contributed by atoms with Gasteiger partial charge < -0.3 is 4.42 Å². The van der Waals surface area contributed by atoms with E-state index < -0.39 is 10.0 Å². The average molecular weight is 462 g/mol. The Morgan fingerprint density at radius 2 is 2.00 bits per heavy atom. The van der Waals surface area contributed by atoms with Crippen LogP contribution in [0.4, 0.5) is 5.95 Å². The minimum absolute atomic E-state index is 0.0648. The molecule has 0 atom stereocenters. The SMILES string of the molecule is Cc1cc(S(=O)(=O)Nc2nc3ccccc3c(=O)n2Cc2ccoc2)c(S)cc1Cl. The van der Waals surface area contributed by atoms with Crippen LogP contribution in [-0.2, 0) is 16.6 Å². The standard InChI is InChI=1S/C20H16ClN3O4S2/c1-12-8-18(17(29)9-15(12)21)30(26,27)23-20-22-16-5-3-2-4-14(16)19(25)24(20)10-13-6-7-28-11-13/h2-9,11,29H,10H2,1H3,(H,22,23). The summed E-state index contributed by atoms with van der Waals surface area (Å²) < 4.78 is 35.0. The maximum atomic E-state index is 13.1. The number of anilines is 1. The molecule has 1 N–H and O–H groups in total. The molecule has 2 aromatic carbocycles. The molecule has 7 nitrogen and oxygen atoms in total. The van der Waals surface area contributed by atoms with Crippen LogP contribution < -0.4 is 10.3 Å². The number of aromatic nitrogens is 2. The van der Waals surface area contributed by atoms with Crippen LogP contribution >= 0.6 is 24.2 Å². The number of aryl methyl sites for hydroxylation is 1. The van der Waals surface area contributed by atoms with Gasteiger partial charge in [0.25, 0.3) is 15.6 Å². The molecule has 0 saturated heterocycles. The molecule has 0 radical (unpaired) electrons. The molecule has 0 unspecified atom stereocenters. The summed E-state index contributed by atoms with van der Waals surface area (Å²) in [6.45, 7) is 1.77. The number of furan rings is 1. The first-order chi connectivity index (χ1) is 14.3. The van der Waals surface area contributed by atoms with Gasteiger partial charge in [-0.3, -0.25) is 9.36 Å². The molecule has 0 aliphatic carbocycles. The van der Waals surface area contributed by atoms with Crippen LogP contribution in [0.1, 0.15) is 11.1 Å². The fraction of sp³-hybridized carbons (Fsp3) is 0.100. The van der Waals surface area contributed by atoms with E-state index in [2.05, 4.69) is 22.3 Å². The minimum atomic E-state index is -4.10. The molecule has 0 saturated carbocycles. The van der Waals surface area contributed by atoms with Crippen LogP contribution in [0, 0.1) is 6.92 Å². The Balaban J connectivity index is 1.87. The number of para-hydroxylation sites is 1. The lowest BCUT2D eigenvalue weighted by molar-refractivity contribution is 0.561. The van der Waals surface area contributed by atoms with Gasteiger partial charge in [-0.25, -0.2) is 18.1 Å². The molecule has 0 bridgehead atoms. The number of nitrogens with one attached hydrogen (secondary N) is 1. The Labute approximate surface area is 182 Å². The zero-order valence-corrected chi connectivity index (χ0v) is 18.1. The molecule has 0 aliphatic rings. The third-order valence-corrected chi connectivity index (χ3v) is 6.83. The van der Waals surface area contributed by atoms with Gasteiger partial charge in [0, 0.05) is 15.5 Å². The number of halogens is 1. The van der Waals surface area contributed by atoms with E-state index in [1.54, 1.807) is 37.3 Å². The maximum absolute atomic E-state index is 13.1. The summed E-state index contributed by atoms with van der Waals surface area (Å²) >= 11 is 10.3. The number of hydrogen-bond acceptors (Lipinski definition) is 6. The normalized spacial score (nSPS) is 11.7. The third kappa shape index (κ3) is 3.83. The number of thiol groups is 1. The largest absolute Gasteiger partial charge is 0.472 e. The topological polar surface area (TPSA) is 94.2 Å². The first-order valence-electron chi connectivity index (χ1n) is 8.79. The smallest absolute Gasteiger partial charge is 0.265 e. The van der Waals surface area contributed by atoms with E-state index in [0.717, 1.165) is 0 Å². The predicted molar refractivity (Wildman–Crippen MR) is 118 cm³/mol. The Bertz CT molecular complexity index is 1410. The van der Waals surface area contributed by atoms with Gasteiger partial charge in [0.15, 0.2) is 0 Å². The number of hydrogen-bond donors (Lipinski definition) is 2. The minimum Gasteiger partial charge on any atom is -0.472 e. The second-order valence-corrected chi connectivity index (χ2v) is 9.19. The van der Waals surface area contributed by atoms with Crippen molar-refractivity contribution < 1.29 is 12.8 Å². The Morgan fingerprint density at radius 1 is 1.23 bits per heavy atom. The Hall–Kier alpha value is -2.75. The number of fused-ring (bicyclic) bond motifs is 1. The molecule has 4 aromatic rings. The predicted octanol–water partition coefficient (Wildman–Crippen LogP) is 4.09. The highest BCUT2D eigenvalue weighted by molar-refractivity contribution is 7.93. The van der Waals surface area contributed by atoms with E-state index in [0.29, 0.717) is 27.1 Å². The summed E-state index contributed by atoms with van der Waals surface area (Å²) in [5.74, 6) is -0.111. The molecule has 0 fully saturated rings. The van der Waals surface area contributed by atoms with E-state index in [1.165, 1.54) is 29.2 Å². The molecule has 154 valence electrons.